The van der Waals surface area contributed by atoms with E-state index in [9.17, 15) is 8.78 Å². The largest absolute Gasteiger partial charge is 0.383 e. The maximum absolute atomic E-state index is 13.8. The van der Waals surface area contributed by atoms with Gasteiger partial charge in [-0.1, -0.05) is 6.07 Å². The number of aromatic nitrogens is 2. The van der Waals surface area contributed by atoms with Crippen LogP contribution in [-0.4, -0.2) is 9.97 Å². The quantitative estimate of drug-likeness (QED) is 0.826. The van der Waals surface area contributed by atoms with Crippen molar-refractivity contribution in [2.75, 3.05) is 5.73 Å². The van der Waals surface area contributed by atoms with Crippen LogP contribution in [0.25, 0.3) is 11.3 Å². The molecule has 0 aliphatic rings. The lowest BCUT2D eigenvalue weighted by Gasteiger charge is -2.09. The maximum atomic E-state index is 13.8. The Kier molecular flexibility index (Phi) is 2.75. The molecule has 0 saturated carbocycles. The van der Waals surface area contributed by atoms with Gasteiger partial charge in [-0.3, -0.25) is 0 Å². The molecular weight excluding hydrogens is 224 g/mol. The van der Waals surface area contributed by atoms with Crippen molar-refractivity contribution in [1.29, 1.82) is 0 Å². The van der Waals surface area contributed by atoms with Gasteiger partial charge >= 0.3 is 0 Å². The molecule has 0 bridgehead atoms. The SMILES string of the molecule is Cc1ccc(-c2ncnc(N)c2C)c(F)c1F. The molecule has 0 atom stereocenters. The number of benzene rings is 1. The summed E-state index contributed by atoms with van der Waals surface area (Å²) >= 11 is 0. The number of halogens is 2. The van der Waals surface area contributed by atoms with Gasteiger partial charge in [0.1, 0.15) is 12.1 Å². The Bertz CT molecular complexity index is 582. The summed E-state index contributed by atoms with van der Waals surface area (Å²) < 4.78 is 27.2. The highest BCUT2D eigenvalue weighted by molar-refractivity contribution is 5.67. The van der Waals surface area contributed by atoms with Gasteiger partial charge in [0.2, 0.25) is 0 Å². The lowest BCUT2D eigenvalue weighted by Crippen LogP contribution is -2.01. The lowest BCUT2D eigenvalue weighted by atomic mass is 10.0. The zero-order valence-electron chi connectivity index (χ0n) is 9.46. The molecule has 1 aromatic carbocycles. The summed E-state index contributed by atoms with van der Waals surface area (Å²) in [5.41, 5.74) is 6.81. The summed E-state index contributed by atoms with van der Waals surface area (Å²) in [5, 5.41) is 0. The average Bonchev–Trinajstić information content (AvgIpc) is 2.31. The van der Waals surface area contributed by atoms with E-state index in [-0.39, 0.29) is 16.9 Å². The molecule has 0 radical (unpaired) electrons. The second kappa shape index (κ2) is 4.08. The Morgan fingerprint density at radius 1 is 1.06 bits per heavy atom. The number of nitrogen functional groups attached to an aromatic ring is 1. The summed E-state index contributed by atoms with van der Waals surface area (Å²) in [6, 6.07) is 2.99. The Balaban J connectivity index is 2.69. The molecule has 0 fully saturated rings. The van der Waals surface area contributed by atoms with Crippen LogP contribution in [0.5, 0.6) is 0 Å². The van der Waals surface area contributed by atoms with Crippen LogP contribution in [0.15, 0.2) is 18.5 Å². The van der Waals surface area contributed by atoms with Gasteiger partial charge in [-0.2, -0.15) is 0 Å². The molecule has 88 valence electrons. The fraction of sp³-hybridized carbons (Fsp3) is 0.167. The van der Waals surface area contributed by atoms with E-state index in [4.69, 9.17) is 5.73 Å². The van der Waals surface area contributed by atoms with Crippen molar-refractivity contribution in [3.8, 4) is 11.3 Å². The molecule has 3 nitrogen and oxygen atoms in total. The first-order valence-electron chi connectivity index (χ1n) is 5.04. The second-order valence-corrected chi connectivity index (χ2v) is 3.79. The number of anilines is 1. The highest BCUT2D eigenvalue weighted by atomic mass is 19.2. The molecular formula is C12H11F2N3. The van der Waals surface area contributed by atoms with Gasteiger partial charge in [0, 0.05) is 11.1 Å². The first kappa shape index (κ1) is 11.4. The van der Waals surface area contributed by atoms with Crippen LogP contribution in [0.1, 0.15) is 11.1 Å². The Hall–Kier alpha value is -2.04. The third-order valence-electron chi connectivity index (χ3n) is 2.65. The summed E-state index contributed by atoms with van der Waals surface area (Å²) in [4.78, 5) is 7.73. The third-order valence-corrected chi connectivity index (χ3v) is 2.65. The number of rotatable bonds is 1. The minimum Gasteiger partial charge on any atom is -0.383 e. The number of nitrogens with zero attached hydrogens (tertiary/aromatic N) is 2. The summed E-state index contributed by atoms with van der Waals surface area (Å²) in [5.74, 6) is -1.51. The van der Waals surface area contributed by atoms with E-state index in [1.165, 1.54) is 25.4 Å². The van der Waals surface area contributed by atoms with Gasteiger partial charge in [0.15, 0.2) is 11.6 Å². The Labute approximate surface area is 97.3 Å². The van der Waals surface area contributed by atoms with E-state index in [0.29, 0.717) is 11.3 Å². The predicted octanol–water partition coefficient (Wildman–Crippen LogP) is 2.62. The third kappa shape index (κ3) is 1.84. The van der Waals surface area contributed by atoms with Crippen molar-refractivity contribution in [2.45, 2.75) is 13.8 Å². The monoisotopic (exact) mass is 235 g/mol. The van der Waals surface area contributed by atoms with Crippen LogP contribution in [0.3, 0.4) is 0 Å². The molecule has 2 aromatic rings. The topological polar surface area (TPSA) is 51.8 Å². The van der Waals surface area contributed by atoms with Crippen molar-refractivity contribution in [2.24, 2.45) is 0 Å². The van der Waals surface area contributed by atoms with Crippen LogP contribution < -0.4 is 5.73 Å². The fourth-order valence-electron chi connectivity index (χ4n) is 1.56. The molecule has 2 N–H and O–H groups in total. The second-order valence-electron chi connectivity index (χ2n) is 3.79. The van der Waals surface area contributed by atoms with Gasteiger partial charge < -0.3 is 5.73 Å². The minimum absolute atomic E-state index is 0.0969. The summed E-state index contributed by atoms with van der Waals surface area (Å²) in [7, 11) is 0. The first-order chi connectivity index (χ1) is 8.02. The van der Waals surface area contributed by atoms with Gasteiger partial charge in [0.25, 0.3) is 0 Å². The smallest absolute Gasteiger partial charge is 0.168 e. The molecule has 2 rings (SSSR count). The number of hydrogen-bond acceptors (Lipinski definition) is 3. The van der Waals surface area contributed by atoms with Crippen molar-refractivity contribution in [3.63, 3.8) is 0 Å². The number of aryl methyl sites for hydroxylation is 1. The van der Waals surface area contributed by atoms with Crippen molar-refractivity contribution < 1.29 is 8.78 Å². The summed E-state index contributed by atoms with van der Waals surface area (Å²) in [6.07, 6.45) is 1.23. The molecule has 17 heavy (non-hydrogen) atoms. The van der Waals surface area contributed by atoms with Crippen LogP contribution >= 0.6 is 0 Å². The highest BCUT2D eigenvalue weighted by Gasteiger charge is 2.16. The Morgan fingerprint density at radius 3 is 2.47 bits per heavy atom. The van der Waals surface area contributed by atoms with E-state index in [1.54, 1.807) is 6.92 Å². The zero-order valence-corrected chi connectivity index (χ0v) is 9.46. The van der Waals surface area contributed by atoms with Gasteiger partial charge in [0.05, 0.1) is 5.69 Å². The van der Waals surface area contributed by atoms with Crippen molar-refractivity contribution >= 4 is 5.82 Å². The van der Waals surface area contributed by atoms with E-state index in [1.807, 2.05) is 0 Å². The van der Waals surface area contributed by atoms with E-state index >= 15 is 0 Å². The van der Waals surface area contributed by atoms with Gasteiger partial charge in [-0.25, -0.2) is 18.7 Å². The Morgan fingerprint density at radius 2 is 1.76 bits per heavy atom. The molecule has 0 aliphatic heterocycles. The molecule has 0 unspecified atom stereocenters. The van der Waals surface area contributed by atoms with Crippen molar-refractivity contribution in [1.82, 2.24) is 9.97 Å². The molecule has 0 amide bonds. The molecule has 1 heterocycles. The molecule has 1 aromatic heterocycles. The maximum Gasteiger partial charge on any atom is 0.168 e. The van der Waals surface area contributed by atoms with Crippen LogP contribution in [0.4, 0.5) is 14.6 Å². The standard InChI is InChI=1S/C12H11F2N3/c1-6-3-4-8(10(14)9(6)13)11-7(2)12(15)17-5-16-11/h3-5H,1-2H3,(H2,15,16,17). The normalized spacial score (nSPS) is 10.6. The van der Waals surface area contributed by atoms with Crippen molar-refractivity contribution in [3.05, 3.63) is 41.2 Å². The van der Waals surface area contributed by atoms with Gasteiger partial charge in [-0.15, -0.1) is 0 Å². The highest BCUT2D eigenvalue weighted by Crippen LogP contribution is 2.28. The average molecular weight is 235 g/mol. The summed E-state index contributed by atoms with van der Waals surface area (Å²) in [6.45, 7) is 3.17. The molecule has 0 spiro atoms. The number of nitrogens with two attached hydrogens (primary N) is 1. The molecule has 0 saturated heterocycles. The molecule has 0 aliphatic carbocycles. The van der Waals surface area contributed by atoms with E-state index < -0.39 is 11.6 Å². The predicted molar refractivity (Wildman–Crippen MR) is 61.3 cm³/mol. The van der Waals surface area contributed by atoms with Crippen LogP contribution in [0, 0.1) is 25.5 Å². The van der Waals surface area contributed by atoms with Gasteiger partial charge in [-0.05, 0) is 25.5 Å². The zero-order chi connectivity index (χ0) is 12.6. The van der Waals surface area contributed by atoms with E-state index in [0.717, 1.165) is 0 Å². The first-order valence-corrected chi connectivity index (χ1v) is 5.04. The van der Waals surface area contributed by atoms with Crippen LogP contribution in [-0.2, 0) is 0 Å². The molecule has 5 heteroatoms. The fourth-order valence-corrected chi connectivity index (χ4v) is 1.56. The van der Waals surface area contributed by atoms with Crippen LogP contribution in [0.2, 0.25) is 0 Å². The number of hydrogen-bond donors (Lipinski definition) is 1. The van der Waals surface area contributed by atoms with E-state index in [2.05, 4.69) is 9.97 Å². The minimum atomic E-state index is -0.911. The lowest BCUT2D eigenvalue weighted by molar-refractivity contribution is 0.505.